The highest BCUT2D eigenvalue weighted by Gasteiger charge is 2.05. The van der Waals surface area contributed by atoms with E-state index in [1.165, 1.54) is 5.56 Å². The number of halogens is 1. The molecule has 0 aliphatic rings. The molecule has 4 aromatic rings. The summed E-state index contributed by atoms with van der Waals surface area (Å²) in [5.41, 5.74) is 11.4. The molecule has 0 saturated carbocycles. The van der Waals surface area contributed by atoms with Gasteiger partial charge in [0.2, 0.25) is 6.41 Å². The van der Waals surface area contributed by atoms with E-state index in [1.807, 2.05) is 42.5 Å². The Labute approximate surface area is 215 Å². The van der Waals surface area contributed by atoms with Crippen molar-refractivity contribution in [2.45, 2.75) is 13.5 Å². The molecule has 4 rings (SSSR count). The molecule has 184 valence electrons. The number of pyridine rings is 1. The molecule has 0 radical (unpaired) electrons. The Morgan fingerprint density at radius 3 is 2.47 bits per heavy atom. The second-order valence-corrected chi connectivity index (χ2v) is 8.50. The molecule has 7 nitrogen and oxygen atoms in total. The lowest BCUT2D eigenvalue weighted by atomic mass is 10.1. The van der Waals surface area contributed by atoms with Gasteiger partial charge in [-0.2, -0.15) is 0 Å². The number of carbonyl (C=O) groups excluding carboxylic acids is 1. The van der Waals surface area contributed by atoms with E-state index in [-0.39, 0.29) is 17.8 Å². The molecule has 0 fully saturated rings. The first kappa shape index (κ1) is 26.2. The molecular weight excluding hydrogens is 474 g/mol. The van der Waals surface area contributed by atoms with Crippen molar-refractivity contribution in [2.24, 2.45) is 0 Å². The van der Waals surface area contributed by atoms with Crippen LogP contribution >= 0.6 is 11.6 Å². The molecule has 0 unspecified atom stereocenters. The minimum absolute atomic E-state index is 0.0180. The predicted octanol–water partition coefficient (Wildman–Crippen LogP) is 4.98. The minimum Gasteiger partial charge on any atom is -0.398 e. The second-order valence-electron chi connectivity index (χ2n) is 8.07. The Hall–Kier alpha value is -4.36. The van der Waals surface area contributed by atoms with Crippen molar-refractivity contribution in [3.8, 4) is 0 Å². The number of nitrogens with one attached hydrogen (secondary N) is 3. The third-order valence-corrected chi connectivity index (χ3v) is 5.45. The Kier molecular flexibility index (Phi) is 9.42. The lowest BCUT2D eigenvalue weighted by molar-refractivity contribution is -0.109. The molecule has 0 aliphatic heterocycles. The standard InChI is InChI=1S/C19H18N2O.C9H10ClN3O/c1-15-5-4-6-18(13-15)20-17-10-8-16(9-11-17)14-21-12-3-2-7-19(21)22;10-6-1-2-8(11)7(3-6)9(12)4-13-5-14/h2-13,20H,14H2,1H3;1-3,5,12H,4,11H2,(H,13,14). The molecule has 1 heterocycles. The third-order valence-electron chi connectivity index (χ3n) is 5.22. The molecule has 0 saturated heterocycles. The zero-order valence-corrected chi connectivity index (χ0v) is 20.6. The molecule has 36 heavy (non-hydrogen) atoms. The number of aromatic nitrogens is 1. The molecule has 5 N–H and O–H groups in total. The van der Waals surface area contributed by atoms with E-state index in [0.29, 0.717) is 29.2 Å². The van der Waals surface area contributed by atoms with Crippen LogP contribution in [0.25, 0.3) is 0 Å². The van der Waals surface area contributed by atoms with E-state index in [4.69, 9.17) is 22.7 Å². The Morgan fingerprint density at radius 2 is 1.78 bits per heavy atom. The van der Waals surface area contributed by atoms with Gasteiger partial charge in [0.15, 0.2) is 0 Å². The highest BCUT2D eigenvalue weighted by Crippen LogP contribution is 2.19. The number of nitrogen functional groups attached to an aromatic ring is 1. The average Bonchev–Trinajstić information content (AvgIpc) is 2.87. The monoisotopic (exact) mass is 501 g/mol. The van der Waals surface area contributed by atoms with Gasteiger partial charge in [-0.3, -0.25) is 9.59 Å². The number of nitrogens with zero attached hydrogens (tertiary/aromatic N) is 1. The molecule has 0 spiro atoms. The van der Waals surface area contributed by atoms with Crippen molar-refractivity contribution in [2.75, 3.05) is 17.6 Å². The van der Waals surface area contributed by atoms with Gasteiger partial charge in [-0.25, -0.2) is 0 Å². The number of carbonyl (C=O) groups is 1. The second kappa shape index (κ2) is 12.9. The summed E-state index contributed by atoms with van der Waals surface area (Å²) in [6.45, 7) is 2.81. The van der Waals surface area contributed by atoms with Crippen LogP contribution in [0.1, 0.15) is 16.7 Å². The van der Waals surface area contributed by atoms with E-state index in [0.717, 1.165) is 16.9 Å². The van der Waals surface area contributed by atoms with Crippen LogP contribution in [0.4, 0.5) is 17.1 Å². The number of nitrogens with two attached hydrogens (primary N) is 1. The molecule has 1 amide bonds. The highest BCUT2D eigenvalue weighted by atomic mass is 35.5. The maximum absolute atomic E-state index is 11.7. The van der Waals surface area contributed by atoms with E-state index in [1.54, 1.807) is 41.1 Å². The van der Waals surface area contributed by atoms with Crippen molar-refractivity contribution >= 4 is 40.8 Å². The summed E-state index contributed by atoms with van der Waals surface area (Å²) in [4.78, 5) is 21.7. The van der Waals surface area contributed by atoms with Gasteiger partial charge in [0, 0.05) is 39.9 Å². The molecule has 3 aromatic carbocycles. The zero-order chi connectivity index (χ0) is 25.9. The van der Waals surface area contributed by atoms with Gasteiger partial charge in [0.05, 0.1) is 18.8 Å². The van der Waals surface area contributed by atoms with Crippen LogP contribution in [0.5, 0.6) is 0 Å². The van der Waals surface area contributed by atoms with Crippen LogP contribution in [-0.4, -0.2) is 23.2 Å². The van der Waals surface area contributed by atoms with Gasteiger partial charge >= 0.3 is 0 Å². The predicted molar refractivity (Wildman–Crippen MR) is 147 cm³/mol. The summed E-state index contributed by atoms with van der Waals surface area (Å²) in [5.74, 6) is 0. The Morgan fingerprint density at radius 1 is 1.00 bits per heavy atom. The van der Waals surface area contributed by atoms with Gasteiger partial charge in [-0.05, 0) is 66.6 Å². The molecule has 0 aliphatic carbocycles. The lowest BCUT2D eigenvalue weighted by Crippen LogP contribution is -2.22. The summed E-state index contributed by atoms with van der Waals surface area (Å²) >= 11 is 5.75. The largest absolute Gasteiger partial charge is 0.398 e. The quantitative estimate of drug-likeness (QED) is 0.155. The fourth-order valence-electron chi connectivity index (χ4n) is 3.40. The first-order valence-electron chi connectivity index (χ1n) is 11.2. The molecule has 8 heteroatoms. The topological polar surface area (TPSA) is 113 Å². The van der Waals surface area contributed by atoms with E-state index in [2.05, 4.69) is 29.7 Å². The molecular formula is C28H28ClN5O2. The number of rotatable bonds is 8. The number of amides is 1. The average molecular weight is 502 g/mol. The smallest absolute Gasteiger partial charge is 0.250 e. The highest BCUT2D eigenvalue weighted by molar-refractivity contribution is 6.31. The van der Waals surface area contributed by atoms with Crippen LogP contribution in [0.3, 0.4) is 0 Å². The van der Waals surface area contributed by atoms with Crippen molar-refractivity contribution < 1.29 is 4.79 Å². The molecule has 0 bridgehead atoms. The first-order valence-corrected chi connectivity index (χ1v) is 11.6. The fraction of sp³-hybridized carbons (Fsp3) is 0.107. The van der Waals surface area contributed by atoms with Crippen molar-refractivity contribution in [1.29, 1.82) is 5.41 Å². The van der Waals surface area contributed by atoms with Gasteiger partial charge in [-0.1, -0.05) is 41.9 Å². The van der Waals surface area contributed by atoms with E-state index >= 15 is 0 Å². The normalized spacial score (nSPS) is 10.1. The molecule has 1 aromatic heterocycles. The summed E-state index contributed by atoms with van der Waals surface area (Å²) in [5, 5.41) is 13.9. The first-order chi connectivity index (χ1) is 17.4. The Bertz CT molecular complexity index is 1380. The van der Waals surface area contributed by atoms with Crippen molar-refractivity contribution in [3.05, 3.63) is 123 Å². The maximum Gasteiger partial charge on any atom is 0.250 e. The number of benzene rings is 3. The van der Waals surface area contributed by atoms with E-state index < -0.39 is 0 Å². The zero-order valence-electron chi connectivity index (χ0n) is 19.9. The summed E-state index contributed by atoms with van der Waals surface area (Å²) in [6, 6.07) is 26.5. The van der Waals surface area contributed by atoms with Crippen LogP contribution in [0.15, 0.2) is 95.9 Å². The number of hydrogen-bond acceptors (Lipinski definition) is 5. The number of aryl methyl sites for hydroxylation is 1. The summed E-state index contributed by atoms with van der Waals surface area (Å²) in [7, 11) is 0. The van der Waals surface area contributed by atoms with Crippen LogP contribution in [0.2, 0.25) is 5.02 Å². The van der Waals surface area contributed by atoms with Crippen LogP contribution in [0, 0.1) is 12.3 Å². The SMILES string of the molecule is Cc1cccc(Nc2ccc(Cn3ccccc3=O)cc2)c1.N=C(CNC=O)c1cc(Cl)ccc1N. The third kappa shape index (κ3) is 7.85. The van der Waals surface area contributed by atoms with Crippen LogP contribution in [-0.2, 0) is 11.3 Å². The summed E-state index contributed by atoms with van der Waals surface area (Å²) in [6.07, 6.45) is 2.34. The maximum atomic E-state index is 11.7. The van der Waals surface area contributed by atoms with Crippen LogP contribution < -0.4 is 21.9 Å². The minimum atomic E-state index is 0.0180. The van der Waals surface area contributed by atoms with Crippen molar-refractivity contribution in [1.82, 2.24) is 9.88 Å². The fourth-order valence-corrected chi connectivity index (χ4v) is 3.57. The summed E-state index contributed by atoms with van der Waals surface area (Å²) < 4.78 is 1.70. The van der Waals surface area contributed by atoms with Gasteiger partial charge in [0.25, 0.3) is 5.56 Å². The van der Waals surface area contributed by atoms with E-state index in [9.17, 15) is 9.59 Å². The van der Waals surface area contributed by atoms with Gasteiger partial charge in [-0.15, -0.1) is 0 Å². The molecule has 0 atom stereocenters. The van der Waals surface area contributed by atoms with Gasteiger partial charge in [0.1, 0.15) is 0 Å². The number of anilines is 3. The van der Waals surface area contributed by atoms with Gasteiger partial charge < -0.3 is 26.3 Å². The Balaban J connectivity index is 0.000000223. The number of hydrogen-bond donors (Lipinski definition) is 4. The van der Waals surface area contributed by atoms with Crippen molar-refractivity contribution in [3.63, 3.8) is 0 Å². The lowest BCUT2D eigenvalue weighted by Gasteiger charge is -2.09.